The van der Waals surface area contributed by atoms with Gasteiger partial charge in [0.25, 0.3) is 5.70 Å². The van der Waals surface area contributed by atoms with Crippen LogP contribution in [0.2, 0.25) is 0 Å². The molecule has 1 N–H and O–H groups in total. The highest BCUT2D eigenvalue weighted by Crippen LogP contribution is 2.06. The van der Waals surface area contributed by atoms with E-state index >= 15 is 0 Å². The third-order valence-corrected chi connectivity index (χ3v) is 1.50. The largest absolute Gasteiger partial charge is 0.376 e. The van der Waals surface area contributed by atoms with E-state index in [2.05, 4.69) is 22.8 Å². The highest BCUT2D eigenvalue weighted by Gasteiger charge is 2.11. The Bertz CT molecular complexity index is 315. The Morgan fingerprint density at radius 3 is 3.00 bits per heavy atom. The van der Waals surface area contributed by atoms with Crippen molar-refractivity contribution in [1.29, 1.82) is 0 Å². The molecule has 0 spiro atoms. The summed E-state index contributed by atoms with van der Waals surface area (Å²) in [4.78, 5) is 4.02. The number of hydrogen-bond donors (Lipinski definition) is 1. The molecule has 12 heavy (non-hydrogen) atoms. The number of nitrogens with zero attached hydrogens (tertiary/aromatic N) is 2. The maximum atomic E-state index is 4.02. The van der Waals surface area contributed by atoms with Crippen molar-refractivity contribution in [3.63, 3.8) is 0 Å². The van der Waals surface area contributed by atoms with Crippen LogP contribution in [0.15, 0.2) is 34.4 Å². The summed E-state index contributed by atoms with van der Waals surface area (Å²) >= 11 is 0. The summed E-state index contributed by atoms with van der Waals surface area (Å²) in [5.74, 6) is 0. The van der Waals surface area contributed by atoms with Crippen LogP contribution in [0.25, 0.3) is 0 Å². The van der Waals surface area contributed by atoms with Crippen molar-refractivity contribution in [1.82, 2.24) is 5.32 Å². The smallest absolute Gasteiger partial charge is 0.254 e. The molecular formula is C9H12N3+. The quantitative estimate of drug-likeness (QED) is 0.357. The topological polar surface area (TPSA) is 27.4 Å². The fourth-order valence-corrected chi connectivity index (χ4v) is 0.905. The van der Waals surface area contributed by atoms with E-state index in [0.717, 1.165) is 11.4 Å². The predicted octanol–water partition coefficient (Wildman–Crippen LogP) is 0.514. The summed E-state index contributed by atoms with van der Waals surface area (Å²) in [5, 5.41) is 3.02. The fourth-order valence-electron chi connectivity index (χ4n) is 0.905. The molecule has 3 heteroatoms. The SMILES string of the molecule is C=[N+](C)C1=CN=CC=C=C1NC. The van der Waals surface area contributed by atoms with Crippen molar-refractivity contribution < 1.29 is 4.58 Å². The minimum Gasteiger partial charge on any atom is -0.376 e. The van der Waals surface area contributed by atoms with Crippen molar-refractivity contribution in [3.05, 3.63) is 29.4 Å². The average molecular weight is 162 g/mol. The van der Waals surface area contributed by atoms with Crippen LogP contribution in [0.4, 0.5) is 0 Å². The molecule has 0 saturated carbocycles. The average Bonchev–Trinajstić information content (AvgIpc) is 2.27. The minimum atomic E-state index is 0.894. The first-order valence-electron chi connectivity index (χ1n) is 3.66. The third kappa shape index (κ3) is 1.71. The van der Waals surface area contributed by atoms with Crippen molar-refractivity contribution >= 4 is 12.9 Å². The van der Waals surface area contributed by atoms with Crippen LogP contribution in [-0.4, -0.2) is 31.6 Å². The summed E-state index contributed by atoms with van der Waals surface area (Å²) in [7, 11) is 3.71. The zero-order valence-electron chi connectivity index (χ0n) is 7.33. The fraction of sp³-hybridized carbons (Fsp3) is 0.222. The van der Waals surface area contributed by atoms with Gasteiger partial charge in [-0.1, -0.05) is 5.73 Å². The zero-order valence-corrected chi connectivity index (χ0v) is 7.33. The van der Waals surface area contributed by atoms with Gasteiger partial charge in [0.05, 0.1) is 0 Å². The van der Waals surface area contributed by atoms with Crippen molar-refractivity contribution in [3.8, 4) is 0 Å². The van der Waals surface area contributed by atoms with E-state index in [9.17, 15) is 0 Å². The summed E-state index contributed by atoms with van der Waals surface area (Å²) in [6.07, 6.45) is 5.20. The van der Waals surface area contributed by atoms with E-state index in [0.29, 0.717) is 0 Å². The van der Waals surface area contributed by atoms with Gasteiger partial charge in [-0.15, -0.1) is 0 Å². The van der Waals surface area contributed by atoms with Gasteiger partial charge in [0.1, 0.15) is 20.0 Å². The molecule has 62 valence electrons. The van der Waals surface area contributed by atoms with Crippen molar-refractivity contribution in [2.45, 2.75) is 0 Å². The van der Waals surface area contributed by atoms with Crippen LogP contribution in [0, 0.1) is 0 Å². The maximum absolute atomic E-state index is 4.02. The Morgan fingerprint density at radius 1 is 1.67 bits per heavy atom. The first-order chi connectivity index (χ1) is 5.75. The Balaban J connectivity index is 3.11. The standard InChI is InChI=1S/C9H12N3/c1-10-8-5-4-6-11-7-9(8)12(2)3/h4,6-7,10H,2H2,1,3H3/q+1. The second kappa shape index (κ2) is 3.69. The molecule has 1 rings (SSSR count). The highest BCUT2D eigenvalue weighted by molar-refractivity contribution is 5.72. The summed E-state index contributed by atoms with van der Waals surface area (Å²) in [6, 6.07) is 0. The Kier molecular flexibility index (Phi) is 2.62. The van der Waals surface area contributed by atoms with Gasteiger partial charge in [0.2, 0.25) is 0 Å². The Hall–Kier alpha value is -1.60. The van der Waals surface area contributed by atoms with Gasteiger partial charge >= 0.3 is 0 Å². The molecule has 1 aliphatic rings. The predicted molar refractivity (Wildman–Crippen MR) is 50.5 cm³/mol. The molecule has 0 aromatic carbocycles. The number of hydrogen-bond acceptors (Lipinski definition) is 2. The second-order valence-corrected chi connectivity index (χ2v) is 2.45. The third-order valence-electron chi connectivity index (χ3n) is 1.50. The lowest BCUT2D eigenvalue weighted by Gasteiger charge is -2.00. The molecule has 0 unspecified atom stereocenters. The lowest BCUT2D eigenvalue weighted by atomic mass is 10.3. The number of nitrogens with one attached hydrogen (secondary N) is 1. The van der Waals surface area contributed by atoms with Crippen LogP contribution < -0.4 is 5.32 Å². The van der Waals surface area contributed by atoms with Crippen molar-refractivity contribution in [2.75, 3.05) is 14.1 Å². The Labute approximate surface area is 72.1 Å². The van der Waals surface area contributed by atoms with Crippen LogP contribution in [-0.2, 0) is 0 Å². The summed E-state index contributed by atoms with van der Waals surface area (Å²) in [5.41, 5.74) is 4.86. The molecule has 0 aromatic heterocycles. The van der Waals surface area contributed by atoms with E-state index in [-0.39, 0.29) is 0 Å². The molecular weight excluding hydrogens is 150 g/mol. The van der Waals surface area contributed by atoms with E-state index in [1.54, 1.807) is 23.1 Å². The van der Waals surface area contributed by atoms with Gasteiger partial charge in [-0.2, -0.15) is 0 Å². The summed E-state index contributed by atoms with van der Waals surface area (Å²) in [6.45, 7) is 3.78. The lowest BCUT2D eigenvalue weighted by molar-refractivity contribution is -0.430. The molecule has 3 nitrogen and oxygen atoms in total. The zero-order chi connectivity index (χ0) is 8.97. The molecule has 0 aliphatic carbocycles. The summed E-state index contributed by atoms with van der Waals surface area (Å²) < 4.78 is 1.75. The molecule has 1 heterocycles. The monoisotopic (exact) mass is 162 g/mol. The van der Waals surface area contributed by atoms with Crippen molar-refractivity contribution in [2.24, 2.45) is 4.99 Å². The Morgan fingerprint density at radius 2 is 2.42 bits per heavy atom. The van der Waals surface area contributed by atoms with Gasteiger partial charge in [0, 0.05) is 19.3 Å². The van der Waals surface area contributed by atoms with Crippen LogP contribution >= 0.6 is 0 Å². The lowest BCUT2D eigenvalue weighted by Crippen LogP contribution is -2.14. The van der Waals surface area contributed by atoms with Crippen LogP contribution in [0.1, 0.15) is 0 Å². The van der Waals surface area contributed by atoms with Crippen LogP contribution in [0.3, 0.4) is 0 Å². The molecule has 0 bridgehead atoms. The number of rotatable bonds is 2. The maximum Gasteiger partial charge on any atom is 0.254 e. The van der Waals surface area contributed by atoms with E-state index in [1.807, 2.05) is 14.1 Å². The molecule has 1 aliphatic heterocycles. The van der Waals surface area contributed by atoms with Crippen LogP contribution in [0.5, 0.6) is 0 Å². The molecule has 0 saturated heterocycles. The molecule has 0 atom stereocenters. The molecule has 0 aromatic rings. The molecule has 0 radical (unpaired) electrons. The van der Waals surface area contributed by atoms with Gasteiger partial charge in [-0.05, 0) is 0 Å². The van der Waals surface area contributed by atoms with E-state index in [4.69, 9.17) is 0 Å². The van der Waals surface area contributed by atoms with Gasteiger partial charge in [-0.3, -0.25) is 4.99 Å². The first-order valence-corrected chi connectivity index (χ1v) is 3.66. The van der Waals surface area contributed by atoms with E-state index in [1.165, 1.54) is 0 Å². The first kappa shape index (κ1) is 8.50. The van der Waals surface area contributed by atoms with Gasteiger partial charge in [0.15, 0.2) is 5.70 Å². The van der Waals surface area contributed by atoms with Gasteiger partial charge < -0.3 is 5.32 Å². The highest BCUT2D eigenvalue weighted by atomic mass is 15.0. The van der Waals surface area contributed by atoms with Gasteiger partial charge in [-0.25, -0.2) is 4.58 Å². The molecule has 0 amide bonds. The number of aliphatic imine (C=N–C) groups is 1. The molecule has 0 fully saturated rings. The van der Waals surface area contributed by atoms with E-state index < -0.39 is 0 Å². The minimum absolute atomic E-state index is 0.894. The second-order valence-electron chi connectivity index (χ2n) is 2.45. The normalized spacial score (nSPS) is 14.8. The number of likely N-dealkylation sites (N-methyl/N-ethyl adjacent to an activating group) is 2.